The number of carboxylic acid groups (broad SMARTS) is 2. The number of carboxylic acids is 2. The number of rotatable bonds is 8. The summed E-state index contributed by atoms with van der Waals surface area (Å²) < 4.78 is 7.59. The van der Waals surface area contributed by atoms with E-state index < -0.39 is 11.9 Å². The molecule has 9 nitrogen and oxygen atoms in total. The SMILES string of the molecule is CN(C)CCCOc1ccc(-c2nn(C)c3ncccc23)cc1.O=C(O)C=CC(=O)O. The van der Waals surface area contributed by atoms with Crippen molar-refractivity contribution in [1.82, 2.24) is 19.7 Å². The second-order valence-electron chi connectivity index (χ2n) is 6.89. The number of aliphatic carboxylic acids is 2. The van der Waals surface area contributed by atoms with Crippen LogP contribution in [-0.4, -0.2) is 69.1 Å². The summed E-state index contributed by atoms with van der Waals surface area (Å²) in [6.45, 7) is 1.76. The summed E-state index contributed by atoms with van der Waals surface area (Å²) >= 11 is 0. The van der Waals surface area contributed by atoms with E-state index >= 15 is 0 Å². The van der Waals surface area contributed by atoms with Gasteiger partial charge in [-0.15, -0.1) is 0 Å². The highest BCUT2D eigenvalue weighted by atomic mass is 16.5. The van der Waals surface area contributed by atoms with Crippen molar-refractivity contribution in [2.45, 2.75) is 6.42 Å². The standard InChI is InChI=1S/C18H22N4O.C4H4O4/c1-21(2)12-5-13-23-15-9-7-14(8-10-15)17-16-6-4-11-19-18(16)22(3)20-17;5-3(6)1-2-4(7)8/h4,6-11H,5,12-13H2,1-3H3;1-2H,(H,5,6)(H,7,8). The molecule has 2 N–H and O–H groups in total. The van der Waals surface area contributed by atoms with Crippen LogP contribution in [0.5, 0.6) is 5.75 Å². The second kappa shape index (κ2) is 11.5. The normalized spacial score (nSPS) is 10.8. The summed E-state index contributed by atoms with van der Waals surface area (Å²) in [7, 11) is 6.06. The van der Waals surface area contributed by atoms with E-state index in [9.17, 15) is 9.59 Å². The molecule has 3 rings (SSSR count). The molecule has 0 aliphatic rings. The molecule has 2 heterocycles. The van der Waals surface area contributed by atoms with Gasteiger partial charge in [-0.25, -0.2) is 19.3 Å². The number of hydrogen-bond donors (Lipinski definition) is 2. The Labute approximate surface area is 180 Å². The Kier molecular flexibility index (Phi) is 8.71. The topological polar surface area (TPSA) is 118 Å². The maximum absolute atomic E-state index is 9.55. The Hall–Kier alpha value is -3.72. The van der Waals surface area contributed by atoms with Crippen LogP contribution in [0.15, 0.2) is 54.7 Å². The van der Waals surface area contributed by atoms with Gasteiger partial charge in [-0.3, -0.25) is 0 Å². The smallest absolute Gasteiger partial charge is 0.328 e. The number of ether oxygens (including phenoxy) is 1. The number of hydrogen-bond acceptors (Lipinski definition) is 6. The van der Waals surface area contributed by atoms with Crippen LogP contribution in [0.1, 0.15) is 6.42 Å². The summed E-state index contributed by atoms with van der Waals surface area (Å²) in [4.78, 5) is 25.6. The number of aryl methyl sites for hydroxylation is 1. The fraction of sp³-hybridized carbons (Fsp3) is 0.273. The molecule has 3 aromatic rings. The van der Waals surface area contributed by atoms with Crippen LogP contribution in [0, 0.1) is 0 Å². The maximum Gasteiger partial charge on any atom is 0.328 e. The van der Waals surface area contributed by atoms with Gasteiger partial charge in [0.1, 0.15) is 11.4 Å². The molecule has 0 amide bonds. The molecule has 2 aromatic heterocycles. The first-order chi connectivity index (χ1) is 14.8. The molecule has 0 atom stereocenters. The number of pyridine rings is 1. The third-order valence-corrected chi connectivity index (χ3v) is 4.11. The Morgan fingerprint density at radius 3 is 2.32 bits per heavy atom. The average Bonchev–Trinajstić information content (AvgIpc) is 3.07. The fourth-order valence-corrected chi connectivity index (χ4v) is 2.73. The minimum Gasteiger partial charge on any atom is -0.494 e. The van der Waals surface area contributed by atoms with Crippen molar-refractivity contribution in [1.29, 1.82) is 0 Å². The molecular weight excluding hydrogens is 400 g/mol. The molecule has 0 unspecified atom stereocenters. The first-order valence-corrected chi connectivity index (χ1v) is 9.57. The van der Waals surface area contributed by atoms with Crippen molar-refractivity contribution in [2.75, 3.05) is 27.2 Å². The van der Waals surface area contributed by atoms with Gasteiger partial charge in [0, 0.05) is 42.9 Å². The molecule has 0 spiro atoms. The maximum atomic E-state index is 9.55. The summed E-state index contributed by atoms with van der Waals surface area (Å²) in [6.07, 6.45) is 3.93. The first kappa shape index (κ1) is 23.6. The van der Waals surface area contributed by atoms with Crippen molar-refractivity contribution in [3.05, 3.63) is 54.7 Å². The van der Waals surface area contributed by atoms with Crippen molar-refractivity contribution < 1.29 is 24.5 Å². The Morgan fingerprint density at radius 2 is 1.74 bits per heavy atom. The summed E-state index contributed by atoms with van der Waals surface area (Å²) in [5, 5.41) is 21.3. The van der Waals surface area contributed by atoms with Crippen molar-refractivity contribution >= 4 is 23.0 Å². The third kappa shape index (κ3) is 7.56. The van der Waals surface area contributed by atoms with Gasteiger partial charge < -0.3 is 19.8 Å². The van der Waals surface area contributed by atoms with Crippen LogP contribution in [0.4, 0.5) is 0 Å². The fourth-order valence-electron chi connectivity index (χ4n) is 2.73. The van der Waals surface area contributed by atoms with Crippen LogP contribution in [-0.2, 0) is 16.6 Å². The van der Waals surface area contributed by atoms with E-state index in [0.29, 0.717) is 12.2 Å². The Balaban J connectivity index is 0.000000366. The van der Waals surface area contributed by atoms with E-state index in [4.69, 9.17) is 14.9 Å². The zero-order valence-corrected chi connectivity index (χ0v) is 17.7. The molecule has 0 bridgehead atoms. The van der Waals surface area contributed by atoms with Crippen molar-refractivity contribution in [3.63, 3.8) is 0 Å². The van der Waals surface area contributed by atoms with Crippen LogP contribution in [0.3, 0.4) is 0 Å². The lowest BCUT2D eigenvalue weighted by Crippen LogP contribution is -2.15. The molecule has 31 heavy (non-hydrogen) atoms. The molecule has 0 saturated carbocycles. The average molecular weight is 426 g/mol. The minimum absolute atomic E-state index is 0.558. The predicted molar refractivity (Wildman–Crippen MR) is 117 cm³/mol. The number of benzene rings is 1. The largest absolute Gasteiger partial charge is 0.494 e. The first-order valence-electron chi connectivity index (χ1n) is 9.57. The molecule has 0 saturated heterocycles. The number of aromatic nitrogens is 3. The van der Waals surface area contributed by atoms with Gasteiger partial charge in [0.15, 0.2) is 5.65 Å². The second-order valence-corrected chi connectivity index (χ2v) is 6.89. The molecule has 164 valence electrons. The van der Waals surface area contributed by atoms with Gasteiger partial charge in [0.05, 0.1) is 6.61 Å². The quantitative estimate of drug-likeness (QED) is 0.417. The molecule has 9 heteroatoms. The summed E-state index contributed by atoms with van der Waals surface area (Å²) in [5.74, 6) is -1.62. The van der Waals surface area contributed by atoms with Gasteiger partial charge >= 0.3 is 11.9 Å². The Bertz CT molecular complexity index is 1030. The predicted octanol–water partition coefficient (Wildman–Crippen LogP) is 2.68. The highest BCUT2D eigenvalue weighted by Crippen LogP contribution is 2.27. The van der Waals surface area contributed by atoms with Crippen LogP contribution in [0.25, 0.3) is 22.3 Å². The minimum atomic E-state index is -1.26. The van der Waals surface area contributed by atoms with E-state index in [-0.39, 0.29) is 0 Å². The van der Waals surface area contributed by atoms with Gasteiger partial charge in [0.25, 0.3) is 0 Å². The van der Waals surface area contributed by atoms with Crippen LogP contribution in [0.2, 0.25) is 0 Å². The summed E-state index contributed by atoms with van der Waals surface area (Å²) in [5.41, 5.74) is 2.92. The number of nitrogens with zero attached hydrogens (tertiary/aromatic N) is 4. The van der Waals surface area contributed by atoms with Gasteiger partial charge in [-0.05, 0) is 56.9 Å². The molecular formula is C22H26N4O5. The third-order valence-electron chi connectivity index (χ3n) is 4.11. The van der Waals surface area contributed by atoms with E-state index in [2.05, 4.69) is 47.3 Å². The monoisotopic (exact) mass is 426 g/mol. The van der Waals surface area contributed by atoms with E-state index in [1.807, 2.05) is 29.9 Å². The lowest BCUT2D eigenvalue weighted by molar-refractivity contribution is -0.134. The van der Waals surface area contributed by atoms with Gasteiger partial charge in [-0.1, -0.05) is 0 Å². The van der Waals surface area contributed by atoms with Crippen LogP contribution >= 0.6 is 0 Å². The Morgan fingerprint density at radius 1 is 1.10 bits per heavy atom. The lowest BCUT2D eigenvalue weighted by Gasteiger charge is -2.10. The molecule has 0 radical (unpaired) electrons. The van der Waals surface area contributed by atoms with Gasteiger partial charge in [-0.2, -0.15) is 5.10 Å². The van der Waals surface area contributed by atoms with Crippen LogP contribution < -0.4 is 4.74 Å². The molecule has 0 fully saturated rings. The molecule has 0 aliphatic carbocycles. The van der Waals surface area contributed by atoms with Crippen molar-refractivity contribution in [2.24, 2.45) is 7.05 Å². The van der Waals surface area contributed by atoms with E-state index in [0.717, 1.165) is 47.6 Å². The molecule has 0 aliphatic heterocycles. The highest BCUT2D eigenvalue weighted by Gasteiger charge is 2.11. The van der Waals surface area contributed by atoms with E-state index in [1.165, 1.54) is 0 Å². The van der Waals surface area contributed by atoms with E-state index in [1.54, 1.807) is 6.20 Å². The van der Waals surface area contributed by atoms with Gasteiger partial charge in [0.2, 0.25) is 0 Å². The molecule has 1 aromatic carbocycles. The lowest BCUT2D eigenvalue weighted by atomic mass is 10.1. The van der Waals surface area contributed by atoms with Crippen molar-refractivity contribution in [3.8, 4) is 17.0 Å². The number of carbonyl (C=O) groups is 2. The zero-order chi connectivity index (χ0) is 22.8. The highest BCUT2D eigenvalue weighted by molar-refractivity contribution is 5.91. The zero-order valence-electron chi connectivity index (χ0n) is 17.7. The number of fused-ring (bicyclic) bond motifs is 1. The summed E-state index contributed by atoms with van der Waals surface area (Å²) in [6, 6.07) is 12.1.